The molecule has 0 saturated heterocycles. The van der Waals surface area contributed by atoms with Crippen LogP contribution in [0, 0.1) is 5.82 Å². The van der Waals surface area contributed by atoms with E-state index in [2.05, 4.69) is 20.7 Å². The molecule has 0 aliphatic carbocycles. The van der Waals surface area contributed by atoms with Gasteiger partial charge in [0, 0.05) is 9.94 Å². The molecule has 0 radical (unpaired) electrons. The SMILES string of the molecule is Fc1ccc(Br)c(C(F)(F)F)c1.OB(O)c1ccccc1OC(F)(F)F. The second kappa shape index (κ2) is 8.74. The molecular formula is C14H9BBrF7O3. The van der Waals surface area contributed by atoms with Gasteiger partial charge in [-0.05, 0) is 24.3 Å². The van der Waals surface area contributed by atoms with Crippen LogP contribution < -0.4 is 10.2 Å². The van der Waals surface area contributed by atoms with Gasteiger partial charge < -0.3 is 14.8 Å². The lowest BCUT2D eigenvalue weighted by Gasteiger charge is -2.12. The average Bonchev–Trinajstić information content (AvgIpc) is 2.48. The number of alkyl halides is 6. The second-order valence-corrected chi connectivity index (χ2v) is 5.44. The number of hydrogen-bond donors (Lipinski definition) is 2. The van der Waals surface area contributed by atoms with Gasteiger partial charge in [-0.1, -0.05) is 34.1 Å². The number of para-hydroxylation sites is 1. The lowest BCUT2D eigenvalue weighted by atomic mass is 9.80. The summed E-state index contributed by atoms with van der Waals surface area (Å²) >= 11 is 2.68. The molecule has 0 unspecified atom stereocenters. The molecule has 0 spiro atoms. The van der Waals surface area contributed by atoms with E-state index in [0.29, 0.717) is 6.07 Å². The Kier molecular flexibility index (Phi) is 7.48. The third-order valence-electron chi connectivity index (χ3n) is 2.66. The van der Waals surface area contributed by atoms with Gasteiger partial charge in [0.25, 0.3) is 0 Å². The van der Waals surface area contributed by atoms with Crippen LogP contribution in [0.2, 0.25) is 0 Å². The monoisotopic (exact) mass is 448 g/mol. The van der Waals surface area contributed by atoms with Crippen LogP contribution in [0.5, 0.6) is 5.75 Å². The smallest absolute Gasteiger partial charge is 0.423 e. The molecule has 2 aromatic rings. The van der Waals surface area contributed by atoms with Gasteiger partial charge in [0.15, 0.2) is 0 Å². The van der Waals surface area contributed by atoms with Crippen LogP contribution in [-0.2, 0) is 6.18 Å². The van der Waals surface area contributed by atoms with Crippen molar-refractivity contribution in [3.63, 3.8) is 0 Å². The van der Waals surface area contributed by atoms with Crippen LogP contribution in [0.1, 0.15) is 5.56 Å². The first-order valence-electron chi connectivity index (χ1n) is 6.54. The van der Waals surface area contributed by atoms with Gasteiger partial charge in [-0.2, -0.15) is 13.2 Å². The summed E-state index contributed by atoms with van der Waals surface area (Å²) in [5, 5.41) is 17.4. The Labute approximate surface area is 151 Å². The van der Waals surface area contributed by atoms with Gasteiger partial charge >= 0.3 is 19.7 Å². The van der Waals surface area contributed by atoms with Crippen LogP contribution in [-0.4, -0.2) is 23.5 Å². The van der Waals surface area contributed by atoms with Gasteiger partial charge in [-0.25, -0.2) is 4.39 Å². The van der Waals surface area contributed by atoms with Crippen molar-refractivity contribution in [2.75, 3.05) is 0 Å². The lowest BCUT2D eigenvalue weighted by Crippen LogP contribution is -2.33. The summed E-state index contributed by atoms with van der Waals surface area (Å²) in [6.07, 6.45) is -9.36. The largest absolute Gasteiger partial charge is 0.573 e. The summed E-state index contributed by atoms with van der Waals surface area (Å²) < 4.78 is 87.3. The van der Waals surface area contributed by atoms with E-state index in [1.807, 2.05) is 0 Å². The minimum absolute atomic E-state index is 0.156. The van der Waals surface area contributed by atoms with Crippen molar-refractivity contribution < 1.29 is 45.5 Å². The Morgan fingerprint density at radius 3 is 1.96 bits per heavy atom. The number of benzene rings is 2. The van der Waals surface area contributed by atoms with Crippen LogP contribution in [0.15, 0.2) is 46.9 Å². The molecular weight excluding hydrogens is 440 g/mol. The summed E-state index contributed by atoms with van der Waals surface area (Å²) in [7, 11) is -1.99. The summed E-state index contributed by atoms with van der Waals surface area (Å²) in [4.78, 5) is 0. The van der Waals surface area contributed by atoms with Crippen LogP contribution >= 0.6 is 15.9 Å². The molecule has 26 heavy (non-hydrogen) atoms. The molecule has 2 N–H and O–H groups in total. The Hall–Kier alpha value is -1.79. The summed E-state index contributed by atoms with van der Waals surface area (Å²) in [6, 6.07) is 7.24. The number of ether oxygens (including phenoxy) is 1. The van der Waals surface area contributed by atoms with E-state index in [4.69, 9.17) is 10.0 Å². The molecule has 2 rings (SSSR count). The Morgan fingerprint density at radius 2 is 1.50 bits per heavy atom. The van der Waals surface area contributed by atoms with E-state index in [1.165, 1.54) is 12.1 Å². The van der Waals surface area contributed by atoms with Crippen molar-refractivity contribution in [2.24, 2.45) is 0 Å². The molecule has 12 heteroatoms. The predicted octanol–water partition coefficient (Wildman–Crippen LogP) is 3.87. The predicted molar refractivity (Wildman–Crippen MR) is 82.1 cm³/mol. The van der Waals surface area contributed by atoms with Crippen molar-refractivity contribution in [1.29, 1.82) is 0 Å². The Bertz CT molecular complexity index is 735. The zero-order valence-corrected chi connectivity index (χ0v) is 14.0. The Morgan fingerprint density at radius 1 is 0.923 bits per heavy atom. The zero-order valence-electron chi connectivity index (χ0n) is 12.4. The average molecular weight is 449 g/mol. The van der Waals surface area contributed by atoms with Gasteiger partial charge in [-0.3, -0.25) is 0 Å². The van der Waals surface area contributed by atoms with Crippen LogP contribution in [0.25, 0.3) is 0 Å². The van der Waals surface area contributed by atoms with E-state index >= 15 is 0 Å². The van der Waals surface area contributed by atoms with Crippen LogP contribution in [0.3, 0.4) is 0 Å². The first-order valence-corrected chi connectivity index (χ1v) is 7.33. The summed E-state index contributed by atoms with van der Waals surface area (Å²) in [6.45, 7) is 0. The van der Waals surface area contributed by atoms with E-state index in [1.54, 1.807) is 0 Å². The maximum absolute atomic E-state index is 12.4. The first-order chi connectivity index (χ1) is 11.8. The van der Waals surface area contributed by atoms with Gasteiger partial charge in [0.2, 0.25) is 0 Å². The fourth-order valence-corrected chi connectivity index (χ4v) is 2.10. The maximum atomic E-state index is 12.4. The first kappa shape index (κ1) is 22.3. The Balaban J connectivity index is 0.000000263. The van der Waals surface area contributed by atoms with E-state index in [0.717, 1.165) is 24.3 Å². The number of halogens is 8. The molecule has 0 bridgehead atoms. The molecule has 0 aliphatic heterocycles. The molecule has 0 aliphatic rings. The number of hydrogen-bond acceptors (Lipinski definition) is 3. The van der Waals surface area contributed by atoms with E-state index in [9.17, 15) is 30.7 Å². The maximum Gasteiger partial charge on any atom is 0.573 e. The molecule has 0 amide bonds. The van der Waals surface area contributed by atoms with Gasteiger partial charge in [-0.15, -0.1) is 13.2 Å². The number of rotatable bonds is 2. The van der Waals surface area contributed by atoms with Crippen molar-refractivity contribution >= 4 is 28.5 Å². The van der Waals surface area contributed by atoms with Crippen molar-refractivity contribution in [1.82, 2.24) is 0 Å². The standard InChI is InChI=1S/C7H6BF3O3.C7H3BrF4/c9-7(10,11)14-6-4-2-1-3-5(6)8(12)13;8-6-2-1-4(9)3-5(6)7(10,11)12/h1-4,12-13H;1-3H. The minimum Gasteiger partial charge on any atom is -0.423 e. The quantitative estimate of drug-likeness (QED) is 0.541. The van der Waals surface area contributed by atoms with Crippen molar-refractivity contribution in [3.05, 3.63) is 58.3 Å². The summed E-state index contributed by atoms with van der Waals surface area (Å²) in [5.74, 6) is -1.51. The van der Waals surface area contributed by atoms with Crippen LogP contribution in [0.4, 0.5) is 30.7 Å². The molecule has 3 nitrogen and oxygen atoms in total. The molecule has 0 fully saturated rings. The molecule has 0 saturated carbocycles. The van der Waals surface area contributed by atoms with Gasteiger partial charge in [0.1, 0.15) is 11.6 Å². The molecule has 0 atom stereocenters. The normalized spacial score (nSPS) is 11.5. The highest BCUT2D eigenvalue weighted by Gasteiger charge is 2.34. The molecule has 2 aromatic carbocycles. The van der Waals surface area contributed by atoms with Crippen molar-refractivity contribution in [2.45, 2.75) is 12.5 Å². The lowest BCUT2D eigenvalue weighted by molar-refractivity contribution is -0.274. The van der Waals surface area contributed by atoms with Gasteiger partial charge in [0.05, 0.1) is 5.56 Å². The molecule has 0 aromatic heterocycles. The fourth-order valence-electron chi connectivity index (χ4n) is 1.63. The van der Waals surface area contributed by atoms with E-state index in [-0.39, 0.29) is 9.94 Å². The highest BCUT2D eigenvalue weighted by atomic mass is 79.9. The fraction of sp³-hybridized carbons (Fsp3) is 0.143. The van der Waals surface area contributed by atoms with E-state index < -0.39 is 36.8 Å². The molecule has 0 heterocycles. The minimum atomic E-state index is -4.84. The van der Waals surface area contributed by atoms with Crippen molar-refractivity contribution in [3.8, 4) is 5.75 Å². The highest BCUT2D eigenvalue weighted by molar-refractivity contribution is 9.10. The zero-order chi connectivity index (χ0) is 20.1. The molecule has 142 valence electrons. The highest BCUT2D eigenvalue weighted by Crippen LogP contribution is 2.34. The third-order valence-corrected chi connectivity index (χ3v) is 3.35. The second-order valence-electron chi connectivity index (χ2n) is 4.58. The topological polar surface area (TPSA) is 49.7 Å². The summed E-state index contributed by atoms with van der Waals surface area (Å²) in [5.41, 5.74) is -1.33. The third kappa shape index (κ3) is 7.22.